The van der Waals surface area contributed by atoms with Crippen LogP contribution >= 0.6 is 0 Å². The lowest BCUT2D eigenvalue weighted by Gasteiger charge is -2.24. The molecule has 2 heterocycles. The zero-order valence-electron chi connectivity index (χ0n) is 19.3. The van der Waals surface area contributed by atoms with E-state index in [0.717, 1.165) is 24.7 Å². The molecule has 0 amide bonds. The van der Waals surface area contributed by atoms with Crippen molar-refractivity contribution in [3.63, 3.8) is 0 Å². The van der Waals surface area contributed by atoms with Crippen LogP contribution in [0.25, 0.3) is 10.9 Å². The average Bonchev–Trinajstić information content (AvgIpc) is 2.80. The van der Waals surface area contributed by atoms with Gasteiger partial charge in [0.25, 0.3) is 6.43 Å². The first-order valence-electron chi connectivity index (χ1n) is 11.1. The van der Waals surface area contributed by atoms with Gasteiger partial charge in [-0.1, -0.05) is 0 Å². The van der Waals surface area contributed by atoms with Crippen molar-refractivity contribution in [2.24, 2.45) is 0 Å². The van der Waals surface area contributed by atoms with Crippen molar-refractivity contribution in [3.05, 3.63) is 52.6 Å². The van der Waals surface area contributed by atoms with Gasteiger partial charge in [0.2, 0.25) is 0 Å². The topological polar surface area (TPSA) is 94.3 Å². The SMILES string of the molecule is COc1cc2c(NC(C)c3cc(N)cc(C(F)F)c3F)nc(C)nc2cc1CC1CNCCO1. The molecule has 3 aromatic rings. The predicted molar refractivity (Wildman–Crippen MR) is 125 cm³/mol. The largest absolute Gasteiger partial charge is 0.496 e. The Morgan fingerprint density at radius 2 is 2.00 bits per heavy atom. The summed E-state index contributed by atoms with van der Waals surface area (Å²) in [6.45, 7) is 5.65. The number of ether oxygens (including phenoxy) is 2. The molecule has 0 radical (unpaired) electrons. The Bertz CT molecular complexity index is 1190. The van der Waals surface area contributed by atoms with Gasteiger partial charge in [-0.25, -0.2) is 23.1 Å². The van der Waals surface area contributed by atoms with Crippen molar-refractivity contribution >= 4 is 22.4 Å². The summed E-state index contributed by atoms with van der Waals surface area (Å²) in [6, 6.07) is 5.39. The third kappa shape index (κ3) is 5.02. The first-order valence-corrected chi connectivity index (χ1v) is 11.1. The lowest BCUT2D eigenvalue weighted by Crippen LogP contribution is -2.39. The number of anilines is 2. The first-order chi connectivity index (χ1) is 16.3. The van der Waals surface area contributed by atoms with Crippen molar-refractivity contribution in [1.29, 1.82) is 0 Å². The minimum absolute atomic E-state index is 0.0243. The van der Waals surface area contributed by atoms with Gasteiger partial charge in [0.15, 0.2) is 0 Å². The number of hydrogen-bond donors (Lipinski definition) is 3. The summed E-state index contributed by atoms with van der Waals surface area (Å²) in [5, 5.41) is 7.13. The Kier molecular flexibility index (Phi) is 7.08. The molecule has 2 atom stereocenters. The molecule has 1 saturated heterocycles. The number of benzene rings is 2. The maximum atomic E-state index is 14.8. The van der Waals surface area contributed by atoms with E-state index in [1.54, 1.807) is 21.0 Å². The number of aryl methyl sites for hydroxylation is 1. The van der Waals surface area contributed by atoms with Gasteiger partial charge in [0.1, 0.15) is 23.2 Å². The molecule has 0 bridgehead atoms. The minimum Gasteiger partial charge on any atom is -0.496 e. The van der Waals surface area contributed by atoms with Crippen LogP contribution in [0.4, 0.5) is 24.7 Å². The summed E-state index contributed by atoms with van der Waals surface area (Å²) >= 11 is 0. The number of rotatable bonds is 7. The van der Waals surface area contributed by atoms with Gasteiger partial charge in [-0.15, -0.1) is 0 Å². The highest BCUT2D eigenvalue weighted by Gasteiger charge is 2.23. The molecule has 4 N–H and O–H groups in total. The second-order valence-electron chi connectivity index (χ2n) is 8.38. The molecule has 1 aromatic heterocycles. The maximum absolute atomic E-state index is 14.8. The zero-order chi connectivity index (χ0) is 24.4. The van der Waals surface area contributed by atoms with Crippen LogP contribution in [0.3, 0.4) is 0 Å². The molecular formula is C24H28F3N5O2. The highest BCUT2D eigenvalue weighted by atomic mass is 19.3. The maximum Gasteiger partial charge on any atom is 0.266 e. The number of nitrogens with one attached hydrogen (secondary N) is 2. The molecule has 7 nitrogen and oxygen atoms in total. The Morgan fingerprint density at radius 1 is 1.24 bits per heavy atom. The fraction of sp³-hybridized carbons (Fsp3) is 0.417. The molecule has 1 aliphatic heterocycles. The molecular weight excluding hydrogens is 447 g/mol. The number of nitrogens with zero attached hydrogens (tertiary/aromatic N) is 2. The summed E-state index contributed by atoms with van der Waals surface area (Å²) in [6.07, 6.45) is -2.29. The van der Waals surface area contributed by atoms with Gasteiger partial charge in [0.05, 0.1) is 36.9 Å². The average molecular weight is 476 g/mol. The highest BCUT2D eigenvalue weighted by Crippen LogP contribution is 2.34. The number of morpholine rings is 1. The van der Waals surface area contributed by atoms with Gasteiger partial charge in [0, 0.05) is 36.1 Å². The van der Waals surface area contributed by atoms with E-state index in [-0.39, 0.29) is 17.4 Å². The highest BCUT2D eigenvalue weighted by molar-refractivity contribution is 5.91. The van der Waals surface area contributed by atoms with Crippen LogP contribution in [0.1, 0.15) is 41.9 Å². The fourth-order valence-corrected chi connectivity index (χ4v) is 4.22. The Balaban J connectivity index is 1.70. The standard InChI is InChI=1S/C24H28F3N5O2/c1-12(17-8-15(28)9-19(22(17)25)23(26)27)30-24-18-10-21(33-3)14(6-16-11-29-4-5-34-16)7-20(18)31-13(2)32-24/h7-10,12,16,23,29H,4-6,11,28H2,1-3H3,(H,30,31,32). The lowest BCUT2D eigenvalue weighted by atomic mass is 10.0. The predicted octanol–water partition coefficient (Wildman–Crippen LogP) is 4.31. The van der Waals surface area contributed by atoms with Crippen LogP contribution in [-0.4, -0.2) is 42.9 Å². The Morgan fingerprint density at radius 3 is 2.68 bits per heavy atom. The summed E-state index contributed by atoms with van der Waals surface area (Å²) < 4.78 is 52.8. The van der Waals surface area contributed by atoms with Crippen LogP contribution in [0, 0.1) is 12.7 Å². The van der Waals surface area contributed by atoms with Crippen molar-refractivity contribution in [3.8, 4) is 5.75 Å². The fourth-order valence-electron chi connectivity index (χ4n) is 4.22. The summed E-state index contributed by atoms with van der Waals surface area (Å²) in [5.74, 6) is 0.617. The van der Waals surface area contributed by atoms with E-state index in [9.17, 15) is 13.2 Å². The third-order valence-corrected chi connectivity index (χ3v) is 5.87. The second kappa shape index (κ2) is 10.0. The number of hydrogen-bond acceptors (Lipinski definition) is 7. The zero-order valence-corrected chi connectivity index (χ0v) is 19.3. The van der Waals surface area contributed by atoms with Gasteiger partial charge in [-0.2, -0.15) is 0 Å². The number of methoxy groups -OCH3 is 1. The van der Waals surface area contributed by atoms with Gasteiger partial charge in [-0.05, 0) is 43.7 Å². The molecule has 182 valence electrons. The first kappa shape index (κ1) is 24.0. The summed E-state index contributed by atoms with van der Waals surface area (Å²) in [4.78, 5) is 9.04. The van der Waals surface area contributed by atoms with Crippen LogP contribution in [0.5, 0.6) is 5.75 Å². The molecule has 1 fully saturated rings. The Hall–Kier alpha value is -3.11. The molecule has 1 aliphatic rings. The van der Waals surface area contributed by atoms with E-state index in [2.05, 4.69) is 20.6 Å². The van der Waals surface area contributed by atoms with Crippen LogP contribution < -0.4 is 21.1 Å². The van der Waals surface area contributed by atoms with E-state index in [1.165, 1.54) is 6.07 Å². The van der Waals surface area contributed by atoms with Crippen molar-refractivity contribution < 1.29 is 22.6 Å². The van der Waals surface area contributed by atoms with Crippen LogP contribution in [0.2, 0.25) is 0 Å². The molecule has 4 rings (SSSR count). The number of halogens is 3. The van der Waals surface area contributed by atoms with Gasteiger partial charge in [-0.3, -0.25) is 0 Å². The molecule has 0 saturated carbocycles. The summed E-state index contributed by atoms with van der Waals surface area (Å²) in [7, 11) is 1.59. The number of nitrogens with two attached hydrogens (primary N) is 1. The number of nitrogen functional groups attached to an aromatic ring is 1. The molecule has 10 heteroatoms. The minimum atomic E-state index is -2.97. The van der Waals surface area contributed by atoms with Gasteiger partial charge >= 0.3 is 0 Å². The van der Waals surface area contributed by atoms with E-state index in [0.29, 0.717) is 41.3 Å². The molecule has 0 aliphatic carbocycles. The molecule has 2 aromatic carbocycles. The van der Waals surface area contributed by atoms with Crippen molar-refractivity contribution in [1.82, 2.24) is 15.3 Å². The molecule has 0 spiro atoms. The van der Waals surface area contributed by atoms with Gasteiger partial charge < -0.3 is 25.8 Å². The van der Waals surface area contributed by atoms with E-state index < -0.39 is 23.8 Å². The van der Waals surface area contributed by atoms with Crippen molar-refractivity contribution in [2.75, 3.05) is 37.9 Å². The quantitative estimate of drug-likeness (QED) is 0.439. The molecule has 2 unspecified atom stereocenters. The number of fused-ring (bicyclic) bond motifs is 1. The van der Waals surface area contributed by atoms with E-state index in [4.69, 9.17) is 15.2 Å². The Labute approximate surface area is 195 Å². The monoisotopic (exact) mass is 475 g/mol. The van der Waals surface area contributed by atoms with Crippen LogP contribution in [-0.2, 0) is 11.2 Å². The smallest absolute Gasteiger partial charge is 0.266 e. The normalized spacial score (nSPS) is 17.2. The third-order valence-electron chi connectivity index (χ3n) is 5.87. The van der Waals surface area contributed by atoms with E-state index in [1.807, 2.05) is 12.1 Å². The molecule has 34 heavy (non-hydrogen) atoms. The lowest BCUT2D eigenvalue weighted by molar-refractivity contribution is 0.0289. The van der Waals surface area contributed by atoms with Crippen molar-refractivity contribution in [2.45, 2.75) is 38.8 Å². The number of alkyl halides is 2. The second-order valence-corrected chi connectivity index (χ2v) is 8.38. The van der Waals surface area contributed by atoms with E-state index >= 15 is 0 Å². The summed E-state index contributed by atoms with van der Waals surface area (Å²) in [5.41, 5.74) is 6.76. The number of aromatic nitrogens is 2. The van der Waals surface area contributed by atoms with Crippen LogP contribution in [0.15, 0.2) is 24.3 Å².